The zero-order chi connectivity index (χ0) is 22.0. The monoisotopic (exact) mass is 431 g/mol. The zero-order valence-electron chi connectivity index (χ0n) is 17.6. The summed E-state index contributed by atoms with van der Waals surface area (Å²) in [5.41, 5.74) is 5.53. The van der Waals surface area contributed by atoms with Crippen LogP contribution >= 0.6 is 0 Å². The molecule has 1 saturated carbocycles. The number of ketones is 1. The van der Waals surface area contributed by atoms with Crippen LogP contribution in [0.25, 0.3) is 0 Å². The van der Waals surface area contributed by atoms with Crippen molar-refractivity contribution in [2.45, 2.75) is 51.0 Å². The Morgan fingerprint density at radius 2 is 1.87 bits per heavy atom. The maximum Gasteiger partial charge on any atom is 0.242 e. The molecule has 1 saturated heterocycles. The van der Waals surface area contributed by atoms with Gasteiger partial charge in [-0.2, -0.15) is 4.98 Å². The van der Waals surface area contributed by atoms with E-state index in [1.165, 1.54) is 25.8 Å². The van der Waals surface area contributed by atoms with E-state index in [0.29, 0.717) is 5.95 Å². The molecule has 0 unspecified atom stereocenters. The number of nitrogens with zero attached hydrogens (tertiary/aromatic N) is 4. The van der Waals surface area contributed by atoms with Gasteiger partial charge in [0.05, 0.1) is 12.7 Å². The molecule has 166 valence electrons. The highest BCUT2D eigenvalue weighted by Crippen LogP contribution is 2.31. The molecule has 1 aromatic heterocycles. The summed E-state index contributed by atoms with van der Waals surface area (Å²) in [5.74, 6) is -2.95. The molecule has 2 aliphatic rings. The molecular formula is C22H27F2N5O2. The molecule has 1 aliphatic carbocycles. The number of aromatic nitrogens is 2. The van der Waals surface area contributed by atoms with Crippen LogP contribution < -0.4 is 15.5 Å². The van der Waals surface area contributed by atoms with E-state index in [0.717, 1.165) is 57.7 Å². The van der Waals surface area contributed by atoms with Gasteiger partial charge in [0.1, 0.15) is 17.1 Å². The Morgan fingerprint density at radius 1 is 1.16 bits per heavy atom. The first-order chi connectivity index (χ1) is 15.0. The molecule has 1 aliphatic heterocycles. The van der Waals surface area contributed by atoms with Crippen molar-refractivity contribution in [3.05, 3.63) is 41.1 Å². The molecule has 9 heteroatoms. The molecule has 4 rings (SSSR count). The minimum absolute atomic E-state index is 0.0688. The van der Waals surface area contributed by atoms with Crippen LogP contribution in [-0.4, -0.2) is 47.0 Å². The lowest BCUT2D eigenvalue weighted by Crippen LogP contribution is -2.49. The van der Waals surface area contributed by atoms with E-state index in [2.05, 4.69) is 20.0 Å². The van der Waals surface area contributed by atoms with Crippen LogP contribution in [0.2, 0.25) is 0 Å². The molecule has 1 aromatic carbocycles. The Balaban J connectivity index is 1.69. The molecule has 0 amide bonds. The lowest BCUT2D eigenvalue weighted by Gasteiger charge is -2.40. The van der Waals surface area contributed by atoms with E-state index in [-0.39, 0.29) is 23.2 Å². The number of nitrogens with two attached hydrogens (primary N) is 1. The maximum atomic E-state index is 14.4. The summed E-state index contributed by atoms with van der Waals surface area (Å²) < 4.78 is 33.2. The van der Waals surface area contributed by atoms with Crippen molar-refractivity contribution in [3.63, 3.8) is 0 Å². The third-order valence-corrected chi connectivity index (χ3v) is 6.07. The van der Waals surface area contributed by atoms with Gasteiger partial charge in [-0.25, -0.2) is 18.8 Å². The van der Waals surface area contributed by atoms with Gasteiger partial charge in [-0.1, -0.05) is 19.3 Å². The predicted octanol–water partition coefficient (Wildman–Crippen LogP) is 3.73. The lowest BCUT2D eigenvalue weighted by atomic mass is 9.95. The molecular weight excluding hydrogens is 404 g/mol. The van der Waals surface area contributed by atoms with Gasteiger partial charge in [-0.15, -0.1) is 0 Å². The van der Waals surface area contributed by atoms with Gasteiger partial charge in [0.25, 0.3) is 0 Å². The number of benzene rings is 1. The van der Waals surface area contributed by atoms with Gasteiger partial charge in [-0.05, 0) is 37.8 Å². The van der Waals surface area contributed by atoms with Crippen molar-refractivity contribution in [2.24, 2.45) is 0 Å². The molecule has 2 heterocycles. The minimum atomic E-state index is -1.28. The molecule has 2 fully saturated rings. The molecule has 7 nitrogen and oxygen atoms in total. The second kappa shape index (κ2) is 9.13. The topological polar surface area (TPSA) is 84.6 Å². The number of hydrazine groups is 1. The SMILES string of the molecule is COc1ccc(F)c(F)c1C(=O)c1cnc(N(C2CCCCC2)N2CCCC2)nc1N. The number of anilines is 2. The Morgan fingerprint density at radius 3 is 2.52 bits per heavy atom. The largest absolute Gasteiger partial charge is 0.496 e. The standard InChI is InChI=1S/C22H27F2N5O2/c1-31-17-10-9-16(23)19(24)18(17)20(30)15-13-26-22(27-21(15)25)29(28-11-5-6-12-28)14-7-3-2-4-8-14/h9-10,13-14H,2-8,11-12H2,1H3,(H2,25,26,27). The van der Waals surface area contributed by atoms with E-state index < -0.39 is 23.0 Å². The first-order valence-corrected chi connectivity index (χ1v) is 10.7. The van der Waals surface area contributed by atoms with Crippen molar-refractivity contribution < 1.29 is 18.3 Å². The molecule has 0 spiro atoms. The molecule has 2 N–H and O–H groups in total. The molecule has 0 radical (unpaired) electrons. The third kappa shape index (κ3) is 4.19. The Kier molecular flexibility index (Phi) is 6.31. The fourth-order valence-electron chi connectivity index (χ4n) is 4.48. The van der Waals surface area contributed by atoms with Crippen LogP contribution in [0.1, 0.15) is 60.9 Å². The average molecular weight is 431 g/mol. The van der Waals surface area contributed by atoms with E-state index in [4.69, 9.17) is 10.5 Å². The van der Waals surface area contributed by atoms with Crippen LogP contribution in [0.3, 0.4) is 0 Å². The highest BCUT2D eigenvalue weighted by molar-refractivity contribution is 6.13. The highest BCUT2D eigenvalue weighted by atomic mass is 19.2. The van der Waals surface area contributed by atoms with E-state index in [1.54, 1.807) is 0 Å². The lowest BCUT2D eigenvalue weighted by molar-refractivity contribution is 0.103. The van der Waals surface area contributed by atoms with Crippen LogP contribution in [-0.2, 0) is 0 Å². The number of rotatable bonds is 6. The number of carbonyl (C=O) groups is 1. The minimum Gasteiger partial charge on any atom is -0.496 e. The summed E-state index contributed by atoms with van der Waals surface area (Å²) in [6, 6.07) is 2.40. The number of hydrogen-bond acceptors (Lipinski definition) is 7. The molecule has 0 bridgehead atoms. The van der Waals surface area contributed by atoms with Crippen LogP contribution in [0.15, 0.2) is 18.3 Å². The summed E-state index contributed by atoms with van der Waals surface area (Å²) >= 11 is 0. The van der Waals surface area contributed by atoms with Crippen molar-refractivity contribution in [2.75, 3.05) is 30.9 Å². The maximum absolute atomic E-state index is 14.4. The van der Waals surface area contributed by atoms with Gasteiger partial charge in [0.2, 0.25) is 11.7 Å². The smallest absolute Gasteiger partial charge is 0.242 e. The van der Waals surface area contributed by atoms with E-state index in [1.807, 2.05) is 0 Å². The summed E-state index contributed by atoms with van der Waals surface area (Å²) in [5, 5.41) is 4.38. The second-order valence-electron chi connectivity index (χ2n) is 8.03. The zero-order valence-corrected chi connectivity index (χ0v) is 17.6. The highest BCUT2D eigenvalue weighted by Gasteiger charge is 2.31. The molecule has 2 aromatic rings. The number of hydrogen-bond donors (Lipinski definition) is 1. The first kappa shape index (κ1) is 21.4. The number of methoxy groups -OCH3 is 1. The summed E-state index contributed by atoms with van der Waals surface area (Å²) in [7, 11) is 1.28. The van der Waals surface area contributed by atoms with Crippen molar-refractivity contribution in [3.8, 4) is 5.75 Å². The predicted molar refractivity (Wildman–Crippen MR) is 113 cm³/mol. The normalized spacial score (nSPS) is 17.6. The van der Waals surface area contributed by atoms with Crippen molar-refractivity contribution in [1.82, 2.24) is 15.0 Å². The first-order valence-electron chi connectivity index (χ1n) is 10.7. The van der Waals surface area contributed by atoms with E-state index >= 15 is 0 Å². The number of carbonyl (C=O) groups excluding carboxylic acids is 1. The quantitative estimate of drug-likeness (QED) is 0.698. The summed E-state index contributed by atoms with van der Waals surface area (Å²) in [6.45, 7) is 1.85. The Bertz CT molecular complexity index is 959. The van der Waals surface area contributed by atoms with Crippen molar-refractivity contribution >= 4 is 17.5 Å². The van der Waals surface area contributed by atoms with Crippen molar-refractivity contribution in [1.29, 1.82) is 0 Å². The Labute approximate surface area is 180 Å². The number of ether oxygens (including phenoxy) is 1. The second-order valence-corrected chi connectivity index (χ2v) is 8.03. The van der Waals surface area contributed by atoms with Gasteiger partial charge in [-0.3, -0.25) is 9.80 Å². The van der Waals surface area contributed by atoms with Gasteiger partial charge in [0, 0.05) is 25.3 Å². The van der Waals surface area contributed by atoms with Gasteiger partial charge in [0.15, 0.2) is 11.6 Å². The van der Waals surface area contributed by atoms with Gasteiger partial charge >= 0.3 is 0 Å². The Hall–Kier alpha value is -2.81. The van der Waals surface area contributed by atoms with Gasteiger partial charge < -0.3 is 10.5 Å². The van der Waals surface area contributed by atoms with Crippen LogP contribution in [0.5, 0.6) is 5.75 Å². The summed E-state index contributed by atoms with van der Waals surface area (Å²) in [6.07, 6.45) is 9.14. The fraction of sp³-hybridized carbons (Fsp3) is 0.500. The van der Waals surface area contributed by atoms with Crippen LogP contribution in [0, 0.1) is 11.6 Å². The average Bonchev–Trinajstić information content (AvgIpc) is 3.30. The molecule has 31 heavy (non-hydrogen) atoms. The van der Waals surface area contributed by atoms with Crippen LogP contribution in [0.4, 0.5) is 20.5 Å². The molecule has 0 atom stereocenters. The fourth-order valence-corrected chi connectivity index (χ4v) is 4.48. The number of nitrogen functional groups attached to an aromatic ring is 1. The third-order valence-electron chi connectivity index (χ3n) is 6.07. The summed E-state index contributed by atoms with van der Waals surface area (Å²) in [4.78, 5) is 21.8. The van der Waals surface area contributed by atoms with E-state index in [9.17, 15) is 13.6 Å². The number of halogens is 2.